The van der Waals surface area contributed by atoms with E-state index in [2.05, 4.69) is 6.92 Å². The fourth-order valence-electron chi connectivity index (χ4n) is 5.47. The van der Waals surface area contributed by atoms with Crippen LogP contribution in [0.1, 0.15) is 30.9 Å². The van der Waals surface area contributed by atoms with Crippen molar-refractivity contribution in [3.8, 4) is 16.9 Å². The van der Waals surface area contributed by atoms with Gasteiger partial charge in [-0.25, -0.2) is 13.1 Å². The van der Waals surface area contributed by atoms with Crippen LogP contribution >= 0.6 is 24.0 Å². The lowest BCUT2D eigenvalue weighted by atomic mass is 10.0. The van der Waals surface area contributed by atoms with Crippen molar-refractivity contribution < 1.29 is 13.2 Å². The normalized spacial score (nSPS) is 19.0. The van der Waals surface area contributed by atoms with Crippen LogP contribution in [0.2, 0.25) is 0 Å². The van der Waals surface area contributed by atoms with Crippen LogP contribution in [0.25, 0.3) is 23.0 Å². The van der Waals surface area contributed by atoms with Crippen molar-refractivity contribution in [2.45, 2.75) is 31.1 Å². The Hall–Kier alpha value is -3.57. The summed E-state index contributed by atoms with van der Waals surface area (Å²) in [6.45, 7) is 3.63. The van der Waals surface area contributed by atoms with Crippen LogP contribution in [0.4, 0.5) is 0 Å². The van der Waals surface area contributed by atoms with Gasteiger partial charge in [-0.3, -0.25) is 9.69 Å². The van der Waals surface area contributed by atoms with E-state index in [1.54, 1.807) is 32.1 Å². The number of hydrogen-bond donors (Lipinski definition) is 0. The molecule has 1 aromatic heterocycles. The van der Waals surface area contributed by atoms with Gasteiger partial charge < -0.3 is 0 Å². The van der Waals surface area contributed by atoms with Gasteiger partial charge in [-0.1, -0.05) is 91.6 Å². The molecule has 1 amide bonds. The van der Waals surface area contributed by atoms with Crippen LogP contribution in [0, 0.1) is 5.92 Å². The maximum atomic E-state index is 13.6. The standard InChI is InChI=1S/C33H32N4O3S3/c1-24-10-9-18-35(22-24)43(39,40)29-16-8-13-26(20-29)31-27(23-37(34-31)28-14-6-3-7-15-28)21-30-32(38)36(33(41)42-30)19-17-25-11-4-2-5-12-25/h2-8,11-16,20-21,23-24H,9-10,17-19,22H2,1H3. The molecule has 220 valence electrons. The number of nitrogens with zero attached hydrogens (tertiary/aromatic N) is 4. The molecule has 43 heavy (non-hydrogen) atoms. The Kier molecular flexibility index (Phi) is 8.63. The lowest BCUT2D eigenvalue weighted by Crippen LogP contribution is -2.39. The molecule has 0 saturated carbocycles. The van der Waals surface area contributed by atoms with Crippen molar-refractivity contribution in [1.29, 1.82) is 0 Å². The van der Waals surface area contributed by atoms with E-state index in [-0.39, 0.29) is 10.8 Å². The summed E-state index contributed by atoms with van der Waals surface area (Å²) in [5.74, 6) is 0.186. The molecule has 0 aliphatic carbocycles. The number of thiocarbonyl (C=S) groups is 1. The van der Waals surface area contributed by atoms with Gasteiger partial charge in [-0.05, 0) is 61.1 Å². The quantitative estimate of drug-likeness (QED) is 0.166. The fraction of sp³-hybridized carbons (Fsp3) is 0.242. The highest BCUT2D eigenvalue weighted by atomic mass is 32.2. The van der Waals surface area contributed by atoms with Gasteiger partial charge in [0.05, 0.1) is 15.5 Å². The molecule has 1 atom stereocenters. The van der Waals surface area contributed by atoms with Crippen molar-refractivity contribution in [3.05, 3.63) is 107 Å². The second kappa shape index (κ2) is 12.6. The third-order valence-corrected chi connectivity index (χ3v) is 11.0. The van der Waals surface area contributed by atoms with Crippen LogP contribution in [-0.4, -0.2) is 57.3 Å². The van der Waals surface area contributed by atoms with Crippen LogP contribution in [0.3, 0.4) is 0 Å². The van der Waals surface area contributed by atoms with E-state index in [4.69, 9.17) is 17.3 Å². The predicted molar refractivity (Wildman–Crippen MR) is 176 cm³/mol. The molecule has 2 aliphatic rings. The molecular weight excluding hydrogens is 597 g/mol. The molecular formula is C33H32N4O3S3. The predicted octanol–water partition coefficient (Wildman–Crippen LogP) is 6.40. The summed E-state index contributed by atoms with van der Waals surface area (Å²) < 4.78 is 31.1. The molecule has 4 aromatic rings. The summed E-state index contributed by atoms with van der Waals surface area (Å²) in [6, 6.07) is 26.7. The molecule has 0 bridgehead atoms. The zero-order valence-electron chi connectivity index (χ0n) is 23.8. The fourth-order valence-corrected chi connectivity index (χ4v) is 8.41. The minimum atomic E-state index is -3.66. The summed E-state index contributed by atoms with van der Waals surface area (Å²) in [4.78, 5) is 15.9. The van der Waals surface area contributed by atoms with Crippen molar-refractivity contribution >= 4 is 50.3 Å². The molecule has 1 unspecified atom stereocenters. The smallest absolute Gasteiger partial charge is 0.266 e. The summed E-state index contributed by atoms with van der Waals surface area (Å²) in [5, 5.41) is 4.88. The summed E-state index contributed by atoms with van der Waals surface area (Å²) >= 11 is 6.87. The van der Waals surface area contributed by atoms with Gasteiger partial charge in [-0.2, -0.15) is 9.40 Å². The number of rotatable bonds is 8. The SMILES string of the molecule is CC1CCCN(S(=O)(=O)c2cccc(-c3nn(-c4ccccc4)cc3C=C3SC(=S)N(CCc4ccccc4)C3=O)c2)C1. The van der Waals surface area contributed by atoms with Crippen LogP contribution < -0.4 is 0 Å². The van der Waals surface area contributed by atoms with Crippen molar-refractivity contribution in [2.75, 3.05) is 19.6 Å². The van der Waals surface area contributed by atoms with Crippen LogP contribution in [0.5, 0.6) is 0 Å². The third-order valence-electron chi connectivity index (χ3n) is 7.76. The zero-order chi connectivity index (χ0) is 30.0. The molecule has 0 N–H and O–H groups in total. The molecule has 0 radical (unpaired) electrons. The van der Waals surface area contributed by atoms with E-state index in [9.17, 15) is 13.2 Å². The van der Waals surface area contributed by atoms with Gasteiger partial charge in [0.2, 0.25) is 10.0 Å². The monoisotopic (exact) mass is 628 g/mol. The first kappa shape index (κ1) is 29.5. The van der Waals surface area contributed by atoms with E-state index in [0.29, 0.717) is 58.0 Å². The van der Waals surface area contributed by atoms with E-state index < -0.39 is 10.0 Å². The van der Waals surface area contributed by atoms with Gasteiger partial charge in [0.25, 0.3) is 5.91 Å². The maximum Gasteiger partial charge on any atom is 0.266 e. The summed E-state index contributed by atoms with van der Waals surface area (Å²) in [6.07, 6.45) is 6.28. The Balaban J connectivity index is 1.35. The number of sulfonamides is 1. The molecule has 3 aromatic carbocycles. The van der Waals surface area contributed by atoms with E-state index in [1.807, 2.05) is 79.0 Å². The Morgan fingerprint density at radius 2 is 1.77 bits per heavy atom. The first-order valence-electron chi connectivity index (χ1n) is 14.3. The van der Waals surface area contributed by atoms with Crippen molar-refractivity contribution in [1.82, 2.24) is 19.0 Å². The molecule has 2 saturated heterocycles. The van der Waals surface area contributed by atoms with Crippen LogP contribution in [0.15, 0.2) is 101 Å². The Morgan fingerprint density at radius 1 is 1.02 bits per heavy atom. The largest absolute Gasteiger partial charge is 0.293 e. The van der Waals surface area contributed by atoms with E-state index in [0.717, 1.165) is 24.1 Å². The first-order valence-corrected chi connectivity index (χ1v) is 17.0. The molecule has 10 heteroatoms. The van der Waals surface area contributed by atoms with Crippen molar-refractivity contribution in [3.63, 3.8) is 0 Å². The Bertz CT molecular complexity index is 1790. The summed E-state index contributed by atoms with van der Waals surface area (Å²) in [5.41, 5.74) is 3.94. The topological polar surface area (TPSA) is 75.5 Å². The van der Waals surface area contributed by atoms with Gasteiger partial charge in [0.1, 0.15) is 10.0 Å². The van der Waals surface area contributed by atoms with Gasteiger partial charge >= 0.3 is 0 Å². The van der Waals surface area contributed by atoms with Crippen molar-refractivity contribution in [2.24, 2.45) is 5.92 Å². The number of benzene rings is 3. The number of hydrogen-bond acceptors (Lipinski definition) is 6. The Morgan fingerprint density at radius 3 is 2.51 bits per heavy atom. The minimum absolute atomic E-state index is 0.139. The average Bonchev–Trinajstić information content (AvgIpc) is 3.57. The molecule has 3 heterocycles. The minimum Gasteiger partial charge on any atom is -0.293 e. The lowest BCUT2D eigenvalue weighted by Gasteiger charge is -2.30. The second-order valence-corrected chi connectivity index (χ2v) is 14.5. The Labute approximate surface area is 262 Å². The lowest BCUT2D eigenvalue weighted by molar-refractivity contribution is -0.122. The highest BCUT2D eigenvalue weighted by molar-refractivity contribution is 8.26. The molecule has 7 nitrogen and oxygen atoms in total. The average molecular weight is 629 g/mol. The number of amides is 1. The van der Waals surface area contributed by atoms with Gasteiger partial charge in [0, 0.05) is 37.0 Å². The second-order valence-electron chi connectivity index (χ2n) is 10.9. The molecule has 2 fully saturated rings. The van der Waals surface area contributed by atoms with Gasteiger partial charge in [0.15, 0.2) is 0 Å². The number of carbonyl (C=O) groups excluding carboxylic acids is 1. The molecule has 2 aliphatic heterocycles. The first-order chi connectivity index (χ1) is 20.8. The van der Waals surface area contributed by atoms with E-state index >= 15 is 0 Å². The number of piperidine rings is 1. The molecule has 6 rings (SSSR count). The molecule has 0 spiro atoms. The number of carbonyl (C=O) groups is 1. The highest BCUT2D eigenvalue weighted by Crippen LogP contribution is 2.36. The summed E-state index contributed by atoms with van der Waals surface area (Å²) in [7, 11) is -3.66. The number of para-hydroxylation sites is 1. The maximum absolute atomic E-state index is 13.6. The number of thioether (sulfide) groups is 1. The third kappa shape index (κ3) is 6.38. The highest BCUT2D eigenvalue weighted by Gasteiger charge is 2.33. The van der Waals surface area contributed by atoms with E-state index in [1.165, 1.54) is 11.8 Å². The van der Waals surface area contributed by atoms with Gasteiger partial charge in [-0.15, -0.1) is 0 Å². The number of aromatic nitrogens is 2. The van der Waals surface area contributed by atoms with Crippen LogP contribution in [-0.2, 0) is 21.2 Å². The zero-order valence-corrected chi connectivity index (χ0v) is 26.2.